The molecule has 0 aromatic heterocycles. The molecular formula is C11H17N3O6S. The molecule has 0 radical (unpaired) electrons. The van der Waals surface area contributed by atoms with E-state index in [2.05, 4.69) is 0 Å². The molecule has 1 aromatic rings. The zero-order valence-electron chi connectivity index (χ0n) is 11.6. The van der Waals surface area contributed by atoms with Gasteiger partial charge in [0.2, 0.25) is 10.0 Å². The zero-order valence-corrected chi connectivity index (χ0v) is 12.4. The second-order valence-electron chi connectivity index (χ2n) is 4.37. The highest BCUT2D eigenvalue weighted by Crippen LogP contribution is 2.26. The van der Waals surface area contributed by atoms with Gasteiger partial charge in [-0.3, -0.25) is 10.1 Å². The van der Waals surface area contributed by atoms with Gasteiger partial charge in [-0.2, -0.15) is 4.31 Å². The summed E-state index contributed by atoms with van der Waals surface area (Å²) in [5.74, 6) is 0. The maximum Gasteiger partial charge on any atom is 0.270 e. The number of nitrogens with zero attached hydrogens (tertiary/aromatic N) is 2. The van der Waals surface area contributed by atoms with Gasteiger partial charge in [-0.15, -0.1) is 0 Å². The first-order valence-electron chi connectivity index (χ1n) is 5.87. The van der Waals surface area contributed by atoms with E-state index >= 15 is 0 Å². The maximum atomic E-state index is 12.3. The molecule has 1 unspecified atom stereocenters. The Bertz CT molecular complexity index is 618. The average Bonchev–Trinajstić information content (AvgIpc) is 2.38. The standard InChI is InChI=1S/C11H17N3O6S/c1-13(6-9(15)7-20-2)21(18,19)11-5-8(14(16)17)3-4-10(11)12/h3-5,9,15H,6-7,12H2,1-2H3. The van der Waals surface area contributed by atoms with E-state index < -0.39 is 21.1 Å². The third kappa shape index (κ3) is 4.11. The second-order valence-corrected chi connectivity index (χ2v) is 6.39. The lowest BCUT2D eigenvalue weighted by molar-refractivity contribution is -0.385. The Balaban J connectivity index is 3.12. The van der Waals surface area contributed by atoms with Crippen molar-refractivity contribution in [3.05, 3.63) is 28.3 Å². The van der Waals surface area contributed by atoms with Crippen molar-refractivity contribution in [1.82, 2.24) is 4.31 Å². The first kappa shape index (κ1) is 17.3. The lowest BCUT2D eigenvalue weighted by Gasteiger charge is -2.20. The number of methoxy groups -OCH3 is 1. The first-order chi connectivity index (χ1) is 9.70. The Kier molecular flexibility index (Phi) is 5.61. The van der Waals surface area contributed by atoms with E-state index in [-0.39, 0.29) is 29.4 Å². The number of aliphatic hydroxyl groups excluding tert-OH is 1. The number of rotatable bonds is 7. The van der Waals surface area contributed by atoms with E-state index in [4.69, 9.17) is 10.5 Å². The lowest BCUT2D eigenvalue weighted by Crippen LogP contribution is -2.36. The SMILES string of the molecule is COCC(O)CN(C)S(=O)(=O)c1cc([N+](=O)[O-])ccc1N. The van der Waals surface area contributed by atoms with Crippen molar-refractivity contribution in [3.63, 3.8) is 0 Å². The molecule has 0 saturated carbocycles. The number of hydrogen-bond acceptors (Lipinski definition) is 7. The number of non-ortho nitro benzene ring substituents is 1. The fourth-order valence-corrected chi connectivity index (χ4v) is 3.01. The van der Waals surface area contributed by atoms with E-state index in [0.717, 1.165) is 22.5 Å². The summed E-state index contributed by atoms with van der Waals surface area (Å²) in [6, 6.07) is 3.17. The number of nitrogens with two attached hydrogens (primary N) is 1. The van der Waals surface area contributed by atoms with Gasteiger partial charge in [0, 0.05) is 32.8 Å². The molecule has 0 aliphatic carbocycles. The molecule has 1 rings (SSSR count). The Morgan fingerprint density at radius 3 is 2.67 bits per heavy atom. The minimum atomic E-state index is -4.05. The van der Waals surface area contributed by atoms with Crippen LogP contribution in [0.2, 0.25) is 0 Å². The van der Waals surface area contributed by atoms with Crippen molar-refractivity contribution in [3.8, 4) is 0 Å². The maximum absolute atomic E-state index is 12.3. The van der Waals surface area contributed by atoms with Crippen LogP contribution in [0.5, 0.6) is 0 Å². The largest absolute Gasteiger partial charge is 0.398 e. The van der Waals surface area contributed by atoms with Crippen LogP contribution in [0.4, 0.5) is 11.4 Å². The number of sulfonamides is 1. The van der Waals surface area contributed by atoms with Crippen molar-refractivity contribution in [2.45, 2.75) is 11.0 Å². The van der Waals surface area contributed by atoms with Crippen LogP contribution in [0.3, 0.4) is 0 Å². The van der Waals surface area contributed by atoms with Gasteiger partial charge in [-0.05, 0) is 6.07 Å². The highest BCUT2D eigenvalue weighted by atomic mass is 32.2. The molecule has 0 heterocycles. The summed E-state index contributed by atoms with van der Waals surface area (Å²) in [4.78, 5) is 9.64. The van der Waals surface area contributed by atoms with Crippen LogP contribution in [-0.2, 0) is 14.8 Å². The number of ether oxygens (including phenoxy) is 1. The molecule has 1 atom stereocenters. The lowest BCUT2D eigenvalue weighted by atomic mass is 10.3. The van der Waals surface area contributed by atoms with Crippen molar-refractivity contribution in [1.29, 1.82) is 0 Å². The number of nitrogen functional groups attached to an aromatic ring is 1. The van der Waals surface area contributed by atoms with Crippen LogP contribution in [0, 0.1) is 10.1 Å². The quantitative estimate of drug-likeness (QED) is 0.403. The normalized spacial score (nSPS) is 13.3. The fourth-order valence-electron chi connectivity index (χ4n) is 1.67. The summed E-state index contributed by atoms with van der Waals surface area (Å²) in [6.45, 7) is -0.261. The summed E-state index contributed by atoms with van der Waals surface area (Å²) in [6.07, 6.45) is -1.02. The monoisotopic (exact) mass is 319 g/mol. The van der Waals surface area contributed by atoms with Gasteiger partial charge in [0.1, 0.15) is 4.90 Å². The number of hydrogen-bond donors (Lipinski definition) is 2. The highest BCUT2D eigenvalue weighted by Gasteiger charge is 2.27. The van der Waals surface area contributed by atoms with Gasteiger partial charge in [0.05, 0.1) is 23.3 Å². The van der Waals surface area contributed by atoms with Crippen molar-refractivity contribution < 1.29 is 23.2 Å². The predicted molar refractivity (Wildman–Crippen MR) is 75.2 cm³/mol. The summed E-state index contributed by atoms with van der Waals surface area (Å²) in [5.41, 5.74) is 5.10. The molecular weight excluding hydrogens is 302 g/mol. The first-order valence-corrected chi connectivity index (χ1v) is 7.31. The summed E-state index contributed by atoms with van der Waals surface area (Å²) >= 11 is 0. The molecule has 10 heteroatoms. The van der Waals surface area contributed by atoms with Gasteiger partial charge in [-0.25, -0.2) is 8.42 Å². The number of nitro benzene ring substituents is 1. The third-order valence-electron chi connectivity index (χ3n) is 2.72. The van der Waals surface area contributed by atoms with Crippen LogP contribution >= 0.6 is 0 Å². The number of benzene rings is 1. The van der Waals surface area contributed by atoms with Gasteiger partial charge in [-0.1, -0.05) is 0 Å². The minimum absolute atomic E-state index is 0.0374. The predicted octanol–water partition coefficient (Wildman–Crippen LogP) is -0.195. The van der Waals surface area contributed by atoms with Gasteiger partial charge >= 0.3 is 0 Å². The molecule has 0 fully saturated rings. The Labute approximate surface area is 122 Å². The topological polar surface area (TPSA) is 136 Å². The number of aliphatic hydroxyl groups is 1. The molecule has 0 aliphatic rings. The van der Waals surface area contributed by atoms with Gasteiger partial charge < -0.3 is 15.6 Å². The molecule has 9 nitrogen and oxygen atoms in total. The zero-order chi connectivity index (χ0) is 16.2. The van der Waals surface area contributed by atoms with Gasteiger partial charge in [0.15, 0.2) is 0 Å². The van der Waals surface area contributed by atoms with E-state index in [1.54, 1.807) is 0 Å². The van der Waals surface area contributed by atoms with Crippen LogP contribution < -0.4 is 5.73 Å². The second kappa shape index (κ2) is 6.80. The molecule has 0 amide bonds. The molecule has 0 aliphatic heterocycles. The van der Waals surface area contributed by atoms with Crippen LogP contribution in [0.25, 0.3) is 0 Å². The molecule has 0 bridgehead atoms. The van der Waals surface area contributed by atoms with Crippen LogP contribution in [-0.4, -0.2) is 56.2 Å². The summed E-state index contributed by atoms with van der Waals surface area (Å²) in [5, 5.41) is 20.3. The molecule has 3 N–H and O–H groups in total. The average molecular weight is 319 g/mol. The molecule has 0 spiro atoms. The van der Waals surface area contributed by atoms with Gasteiger partial charge in [0.25, 0.3) is 5.69 Å². The van der Waals surface area contributed by atoms with Crippen LogP contribution in [0.1, 0.15) is 0 Å². The van der Waals surface area contributed by atoms with Crippen molar-refractivity contribution >= 4 is 21.4 Å². The molecule has 118 valence electrons. The smallest absolute Gasteiger partial charge is 0.270 e. The molecule has 0 saturated heterocycles. The molecule has 21 heavy (non-hydrogen) atoms. The Morgan fingerprint density at radius 1 is 1.52 bits per heavy atom. The highest BCUT2D eigenvalue weighted by molar-refractivity contribution is 7.89. The van der Waals surface area contributed by atoms with E-state index in [1.807, 2.05) is 0 Å². The van der Waals surface area contributed by atoms with E-state index in [0.29, 0.717) is 0 Å². The molecule has 1 aromatic carbocycles. The van der Waals surface area contributed by atoms with E-state index in [1.165, 1.54) is 14.2 Å². The Morgan fingerprint density at radius 2 is 2.14 bits per heavy atom. The van der Waals surface area contributed by atoms with Crippen LogP contribution in [0.15, 0.2) is 23.1 Å². The van der Waals surface area contributed by atoms with Crippen molar-refractivity contribution in [2.75, 3.05) is 33.0 Å². The number of nitro groups is 1. The Hall–Kier alpha value is -1.75. The number of likely N-dealkylation sites (N-methyl/N-ethyl adjacent to an activating group) is 1. The summed E-state index contributed by atoms with van der Waals surface area (Å²) in [7, 11) is -1.44. The summed E-state index contributed by atoms with van der Waals surface area (Å²) < 4.78 is 30.3. The fraction of sp³-hybridized carbons (Fsp3) is 0.455. The third-order valence-corrected chi connectivity index (χ3v) is 4.60. The van der Waals surface area contributed by atoms with E-state index in [9.17, 15) is 23.6 Å². The van der Waals surface area contributed by atoms with Crippen molar-refractivity contribution in [2.24, 2.45) is 0 Å². The minimum Gasteiger partial charge on any atom is -0.398 e. The number of anilines is 1.